The molecule has 0 radical (unpaired) electrons. The Morgan fingerprint density at radius 1 is 0.929 bits per heavy atom. The Morgan fingerprint density at radius 2 is 1.61 bits per heavy atom. The zero-order valence-corrected chi connectivity index (χ0v) is 16.3. The predicted molar refractivity (Wildman–Crippen MR) is 108 cm³/mol. The van der Waals surface area contributed by atoms with Crippen LogP contribution in [-0.2, 0) is 16.1 Å². The molecule has 0 bridgehead atoms. The molecule has 1 atom stereocenters. The van der Waals surface area contributed by atoms with Crippen molar-refractivity contribution in [2.24, 2.45) is 5.41 Å². The third-order valence-corrected chi connectivity index (χ3v) is 6.34. The molecular weight excluding hydrogens is 348 g/mol. The Bertz CT molecular complexity index is 1080. The molecule has 4 nitrogen and oxygen atoms in total. The molecule has 0 aromatic heterocycles. The third kappa shape index (κ3) is 2.12. The minimum Gasteiger partial charge on any atom is -0.347 e. The summed E-state index contributed by atoms with van der Waals surface area (Å²) in [7, 11) is 2.04. The van der Waals surface area contributed by atoms with Gasteiger partial charge in [0.25, 0.3) is 11.8 Å². The number of amides is 2. The van der Waals surface area contributed by atoms with Crippen LogP contribution >= 0.6 is 0 Å². The zero-order valence-electron chi connectivity index (χ0n) is 16.3. The van der Waals surface area contributed by atoms with Gasteiger partial charge in [-0.1, -0.05) is 62.4 Å². The highest BCUT2D eigenvalue weighted by atomic mass is 16.2. The van der Waals surface area contributed by atoms with E-state index < -0.39 is 5.41 Å². The van der Waals surface area contributed by atoms with Gasteiger partial charge in [-0.25, -0.2) is 0 Å². The highest BCUT2D eigenvalue weighted by Gasteiger charge is 2.54. The van der Waals surface area contributed by atoms with E-state index in [9.17, 15) is 9.59 Å². The van der Waals surface area contributed by atoms with E-state index in [1.54, 1.807) is 0 Å². The van der Waals surface area contributed by atoms with Gasteiger partial charge in [-0.05, 0) is 23.3 Å². The number of carbonyl (C=O) groups excluding carboxylic acids is 2. The number of imide groups is 1. The van der Waals surface area contributed by atoms with E-state index >= 15 is 0 Å². The molecule has 2 aliphatic heterocycles. The van der Waals surface area contributed by atoms with Crippen molar-refractivity contribution < 1.29 is 9.59 Å². The molecule has 5 rings (SSSR count). The van der Waals surface area contributed by atoms with Crippen molar-refractivity contribution in [3.05, 3.63) is 88.6 Å². The van der Waals surface area contributed by atoms with Crippen LogP contribution < -0.4 is 4.90 Å². The fourth-order valence-electron chi connectivity index (χ4n) is 5.02. The van der Waals surface area contributed by atoms with E-state index in [0.29, 0.717) is 17.7 Å². The lowest BCUT2D eigenvalue weighted by atomic mass is 9.66. The van der Waals surface area contributed by atoms with E-state index in [0.717, 1.165) is 16.9 Å². The van der Waals surface area contributed by atoms with Gasteiger partial charge in [-0.15, -0.1) is 0 Å². The van der Waals surface area contributed by atoms with Gasteiger partial charge in [0.05, 0.1) is 12.1 Å². The number of carbonyl (C=O) groups is 2. The zero-order chi connectivity index (χ0) is 19.6. The molecule has 0 saturated heterocycles. The van der Waals surface area contributed by atoms with Crippen LogP contribution in [0, 0.1) is 5.41 Å². The first-order valence-corrected chi connectivity index (χ1v) is 9.60. The number of para-hydroxylation sites is 1. The fourth-order valence-corrected chi connectivity index (χ4v) is 5.02. The van der Waals surface area contributed by atoms with Crippen molar-refractivity contribution in [2.45, 2.75) is 26.3 Å². The monoisotopic (exact) mass is 370 g/mol. The minimum absolute atomic E-state index is 0.0703. The molecule has 4 heteroatoms. The van der Waals surface area contributed by atoms with Gasteiger partial charge >= 0.3 is 0 Å². The molecule has 2 heterocycles. The predicted octanol–water partition coefficient (Wildman–Crippen LogP) is 4.01. The molecule has 3 aliphatic rings. The number of hydrogen-bond acceptors (Lipinski definition) is 3. The largest absolute Gasteiger partial charge is 0.347 e. The van der Waals surface area contributed by atoms with Crippen LogP contribution in [0.5, 0.6) is 0 Å². The first kappa shape index (κ1) is 17.0. The van der Waals surface area contributed by atoms with Gasteiger partial charge in [0.1, 0.15) is 0 Å². The maximum atomic E-state index is 13.4. The van der Waals surface area contributed by atoms with Gasteiger partial charge in [0, 0.05) is 35.3 Å². The molecule has 2 aromatic rings. The second-order valence-electron chi connectivity index (χ2n) is 8.31. The van der Waals surface area contributed by atoms with E-state index in [-0.39, 0.29) is 17.7 Å². The van der Waals surface area contributed by atoms with Crippen molar-refractivity contribution in [3.8, 4) is 0 Å². The van der Waals surface area contributed by atoms with E-state index in [4.69, 9.17) is 0 Å². The summed E-state index contributed by atoms with van der Waals surface area (Å²) in [5.74, 6) is -0.274. The van der Waals surface area contributed by atoms with Crippen molar-refractivity contribution in [3.63, 3.8) is 0 Å². The quantitative estimate of drug-likeness (QED) is 0.750. The van der Waals surface area contributed by atoms with Crippen molar-refractivity contribution in [1.29, 1.82) is 0 Å². The molecule has 2 aromatic carbocycles. The van der Waals surface area contributed by atoms with Gasteiger partial charge in [0.2, 0.25) is 0 Å². The summed E-state index contributed by atoms with van der Waals surface area (Å²) < 4.78 is 0. The molecule has 0 N–H and O–H groups in total. The number of benzene rings is 2. The van der Waals surface area contributed by atoms with E-state index in [2.05, 4.69) is 30.9 Å². The van der Waals surface area contributed by atoms with Crippen LogP contribution in [0.2, 0.25) is 0 Å². The Hall–Kier alpha value is -3.14. The standard InChI is InChI=1S/C24H22N2O2/c1-24(2)20-16-11-7-8-12-18(16)25(3)19(20)13-17-21(24)23(28)26(22(17)27)14-15-9-5-4-6-10-15/h4-13,20H,14H2,1-3H3. The normalized spacial score (nSPS) is 22.2. The molecular formula is C24H22N2O2. The first-order chi connectivity index (χ1) is 13.4. The van der Waals surface area contributed by atoms with Crippen LogP contribution in [0.4, 0.5) is 5.69 Å². The first-order valence-electron chi connectivity index (χ1n) is 9.60. The van der Waals surface area contributed by atoms with Gasteiger partial charge < -0.3 is 4.90 Å². The summed E-state index contributed by atoms with van der Waals surface area (Å²) >= 11 is 0. The third-order valence-electron chi connectivity index (χ3n) is 6.34. The molecule has 0 saturated carbocycles. The number of fused-ring (bicyclic) bond motifs is 3. The highest BCUT2D eigenvalue weighted by molar-refractivity contribution is 6.22. The Morgan fingerprint density at radius 3 is 2.36 bits per heavy atom. The van der Waals surface area contributed by atoms with Gasteiger partial charge in [0.15, 0.2) is 0 Å². The maximum absolute atomic E-state index is 13.4. The summed E-state index contributed by atoms with van der Waals surface area (Å²) in [6.07, 6.45) is 1.94. The summed E-state index contributed by atoms with van der Waals surface area (Å²) in [4.78, 5) is 30.1. The number of hydrogen-bond donors (Lipinski definition) is 0. The molecule has 140 valence electrons. The van der Waals surface area contributed by atoms with Gasteiger partial charge in [-0.2, -0.15) is 0 Å². The fraction of sp³-hybridized carbons (Fsp3) is 0.250. The Kier molecular flexibility index (Phi) is 3.45. The molecule has 1 unspecified atom stereocenters. The molecule has 28 heavy (non-hydrogen) atoms. The maximum Gasteiger partial charge on any atom is 0.261 e. The van der Waals surface area contributed by atoms with Gasteiger partial charge in [-0.3, -0.25) is 14.5 Å². The van der Waals surface area contributed by atoms with Crippen molar-refractivity contribution >= 4 is 17.5 Å². The van der Waals surface area contributed by atoms with Crippen LogP contribution in [0.3, 0.4) is 0 Å². The lowest BCUT2D eigenvalue weighted by Crippen LogP contribution is -2.35. The SMILES string of the molecule is CN1C2=CC3=C(C(=O)N(Cc4ccccc4)C3=O)C(C)(C)C2c2ccccc21. The number of allylic oxidation sites excluding steroid dienone is 1. The second kappa shape index (κ2) is 5.68. The van der Waals surface area contributed by atoms with E-state index in [1.807, 2.05) is 55.6 Å². The van der Waals surface area contributed by atoms with Crippen LogP contribution in [0.25, 0.3) is 0 Å². The topological polar surface area (TPSA) is 40.6 Å². The number of nitrogens with zero attached hydrogens (tertiary/aromatic N) is 2. The number of rotatable bonds is 2. The molecule has 0 fully saturated rings. The minimum atomic E-state index is -0.460. The van der Waals surface area contributed by atoms with Crippen LogP contribution in [-0.4, -0.2) is 23.8 Å². The summed E-state index contributed by atoms with van der Waals surface area (Å²) in [5.41, 5.74) is 5.15. The van der Waals surface area contributed by atoms with E-state index in [1.165, 1.54) is 10.5 Å². The molecule has 1 aliphatic carbocycles. The lowest BCUT2D eigenvalue weighted by molar-refractivity contribution is -0.138. The smallest absolute Gasteiger partial charge is 0.261 e. The second-order valence-corrected chi connectivity index (χ2v) is 8.31. The average molecular weight is 370 g/mol. The van der Waals surface area contributed by atoms with Crippen molar-refractivity contribution in [2.75, 3.05) is 11.9 Å². The summed E-state index contributed by atoms with van der Waals surface area (Å²) in [5, 5.41) is 0. The van der Waals surface area contributed by atoms with Crippen LogP contribution in [0.15, 0.2) is 77.5 Å². The highest BCUT2D eigenvalue weighted by Crippen LogP contribution is 2.58. The molecule has 0 spiro atoms. The number of likely N-dealkylation sites (N-methyl/N-ethyl adjacent to an activating group) is 1. The lowest BCUT2D eigenvalue weighted by Gasteiger charge is -2.37. The van der Waals surface area contributed by atoms with Crippen LogP contribution in [0.1, 0.15) is 30.9 Å². The molecule has 2 amide bonds. The van der Waals surface area contributed by atoms with Crippen molar-refractivity contribution in [1.82, 2.24) is 4.90 Å². The number of anilines is 1. The summed E-state index contributed by atoms with van der Waals surface area (Å²) in [6.45, 7) is 4.49. The summed E-state index contributed by atoms with van der Waals surface area (Å²) in [6, 6.07) is 18.0. The average Bonchev–Trinajstić information content (AvgIpc) is 3.11. The Balaban J connectivity index is 1.59. The Labute approximate surface area is 164 Å².